The van der Waals surface area contributed by atoms with Gasteiger partial charge in [0.05, 0.1) is 0 Å². The predicted molar refractivity (Wildman–Crippen MR) is 105 cm³/mol. The van der Waals surface area contributed by atoms with Gasteiger partial charge in [0.25, 0.3) is 5.91 Å². The third-order valence-electron chi connectivity index (χ3n) is 5.52. The average molecular weight is 402 g/mol. The highest BCUT2D eigenvalue weighted by Gasteiger charge is 2.30. The molecule has 2 aliphatic rings. The molecule has 28 heavy (non-hydrogen) atoms. The number of hydrogen-bond donors (Lipinski definition) is 1. The first-order valence-corrected chi connectivity index (χ1v) is 11.1. The summed E-state index contributed by atoms with van der Waals surface area (Å²) in [6, 6.07) is 9.36. The lowest BCUT2D eigenvalue weighted by Gasteiger charge is -2.20. The lowest BCUT2D eigenvalue weighted by Crippen LogP contribution is -2.29. The molecule has 0 aromatic heterocycles. The van der Waals surface area contributed by atoms with Crippen LogP contribution in [0.15, 0.2) is 41.3 Å². The molecule has 1 saturated heterocycles. The van der Waals surface area contributed by atoms with E-state index in [4.69, 9.17) is 0 Å². The molecule has 0 radical (unpaired) electrons. The summed E-state index contributed by atoms with van der Waals surface area (Å²) in [4.78, 5) is 12.3. The maximum atomic E-state index is 14.3. The van der Waals surface area contributed by atoms with E-state index in [1.807, 2.05) is 12.1 Å². The number of aryl methyl sites for hydroxylation is 1. The maximum Gasteiger partial charge on any atom is 0.255 e. The summed E-state index contributed by atoms with van der Waals surface area (Å²) in [6.45, 7) is 0.767. The average Bonchev–Trinajstić information content (AvgIpc) is 3.24. The predicted octanol–water partition coefficient (Wildman–Crippen LogP) is 3.74. The second kappa shape index (κ2) is 7.64. The highest BCUT2D eigenvalue weighted by atomic mass is 32.2. The first kappa shape index (κ1) is 19.1. The Morgan fingerprint density at radius 2 is 1.75 bits per heavy atom. The van der Waals surface area contributed by atoms with Gasteiger partial charge in [-0.1, -0.05) is 12.1 Å². The third kappa shape index (κ3) is 3.56. The normalized spacial score (nSPS) is 17.3. The summed E-state index contributed by atoms with van der Waals surface area (Å²) < 4.78 is 41.0. The van der Waals surface area contributed by atoms with Crippen LogP contribution in [0, 0.1) is 5.82 Å². The zero-order valence-corrected chi connectivity index (χ0v) is 16.4. The van der Waals surface area contributed by atoms with E-state index in [9.17, 15) is 17.6 Å². The number of carbonyl (C=O) groups is 1. The minimum atomic E-state index is -3.93. The summed E-state index contributed by atoms with van der Waals surface area (Å²) in [5.41, 5.74) is 3.25. The van der Waals surface area contributed by atoms with Crippen molar-refractivity contribution >= 4 is 21.6 Å². The summed E-state index contributed by atoms with van der Waals surface area (Å²) >= 11 is 0. The number of carbonyl (C=O) groups excluding carboxylic acids is 1. The molecule has 148 valence electrons. The van der Waals surface area contributed by atoms with Crippen molar-refractivity contribution in [2.45, 2.75) is 43.4 Å². The first-order valence-electron chi connectivity index (χ1n) is 9.68. The van der Waals surface area contributed by atoms with Crippen LogP contribution in [0.4, 0.5) is 10.1 Å². The number of halogens is 1. The van der Waals surface area contributed by atoms with Crippen molar-refractivity contribution in [3.05, 3.63) is 58.9 Å². The highest BCUT2D eigenvalue weighted by Crippen LogP contribution is 2.29. The molecule has 1 amide bonds. The minimum Gasteiger partial charge on any atom is -0.322 e. The quantitative estimate of drug-likeness (QED) is 0.847. The summed E-state index contributed by atoms with van der Waals surface area (Å²) in [7, 11) is -3.93. The molecule has 0 unspecified atom stereocenters. The number of nitrogens with zero attached hydrogens (tertiary/aromatic N) is 1. The van der Waals surface area contributed by atoms with E-state index in [-0.39, 0.29) is 5.56 Å². The van der Waals surface area contributed by atoms with Crippen molar-refractivity contribution in [2.24, 2.45) is 0 Å². The van der Waals surface area contributed by atoms with Gasteiger partial charge in [0.1, 0.15) is 10.7 Å². The largest absolute Gasteiger partial charge is 0.322 e. The molecule has 7 heteroatoms. The highest BCUT2D eigenvalue weighted by molar-refractivity contribution is 7.89. The Morgan fingerprint density at radius 3 is 2.54 bits per heavy atom. The van der Waals surface area contributed by atoms with Crippen molar-refractivity contribution in [3.8, 4) is 0 Å². The van der Waals surface area contributed by atoms with Gasteiger partial charge in [-0.3, -0.25) is 4.79 Å². The molecule has 1 heterocycles. The molecule has 1 fully saturated rings. The molecular weight excluding hydrogens is 379 g/mol. The van der Waals surface area contributed by atoms with Gasteiger partial charge in [-0.05, 0) is 73.9 Å². The molecule has 0 spiro atoms. The Bertz CT molecular complexity index is 1010. The number of nitrogens with one attached hydrogen (secondary N) is 1. The number of rotatable bonds is 4. The molecule has 2 aromatic carbocycles. The van der Waals surface area contributed by atoms with E-state index in [0.717, 1.165) is 61.9 Å². The van der Waals surface area contributed by atoms with Gasteiger partial charge in [0, 0.05) is 24.3 Å². The topological polar surface area (TPSA) is 66.5 Å². The van der Waals surface area contributed by atoms with E-state index < -0.39 is 26.6 Å². The molecule has 0 saturated carbocycles. The lowest BCUT2D eigenvalue weighted by atomic mass is 9.90. The molecule has 1 N–H and O–H groups in total. The van der Waals surface area contributed by atoms with Gasteiger partial charge in [-0.25, -0.2) is 12.8 Å². The van der Waals surface area contributed by atoms with Crippen LogP contribution in [0.3, 0.4) is 0 Å². The van der Waals surface area contributed by atoms with Gasteiger partial charge in [0.2, 0.25) is 10.0 Å². The minimum absolute atomic E-state index is 0.132. The van der Waals surface area contributed by atoms with Gasteiger partial charge < -0.3 is 5.32 Å². The number of hydrogen-bond acceptors (Lipinski definition) is 3. The Labute approximate surface area is 164 Å². The molecule has 1 aliphatic carbocycles. The fraction of sp³-hybridized carbons (Fsp3) is 0.381. The number of fused-ring (bicyclic) bond motifs is 1. The lowest BCUT2D eigenvalue weighted by molar-refractivity contribution is 0.102. The van der Waals surface area contributed by atoms with Crippen molar-refractivity contribution in [1.29, 1.82) is 0 Å². The van der Waals surface area contributed by atoms with Crippen molar-refractivity contribution < 1.29 is 17.6 Å². The van der Waals surface area contributed by atoms with Gasteiger partial charge in [0.15, 0.2) is 0 Å². The number of anilines is 1. The second-order valence-corrected chi connectivity index (χ2v) is 9.27. The molecule has 0 bridgehead atoms. The van der Waals surface area contributed by atoms with E-state index in [1.54, 1.807) is 0 Å². The molecular formula is C21H23FN2O3S. The smallest absolute Gasteiger partial charge is 0.255 e. The van der Waals surface area contributed by atoms with Gasteiger partial charge in [-0.15, -0.1) is 0 Å². The fourth-order valence-corrected chi connectivity index (χ4v) is 5.61. The SMILES string of the molecule is O=C(Nc1cccc2c1CCCC2)c1ccc(F)c(S(=O)(=O)N2CCCC2)c1. The van der Waals surface area contributed by atoms with E-state index in [2.05, 4.69) is 11.4 Å². The first-order chi connectivity index (χ1) is 13.5. The van der Waals surface area contributed by atoms with Crippen LogP contribution < -0.4 is 5.32 Å². The zero-order chi connectivity index (χ0) is 19.7. The number of amides is 1. The molecule has 5 nitrogen and oxygen atoms in total. The molecule has 2 aromatic rings. The standard InChI is InChI=1S/C21H23FN2O3S/c22-18-11-10-16(14-20(18)28(26,27)24-12-3-4-13-24)21(25)23-19-9-5-7-15-6-1-2-8-17(15)19/h5,7,9-11,14H,1-4,6,8,12-13H2,(H,23,25). The monoisotopic (exact) mass is 402 g/mol. The van der Waals surface area contributed by atoms with E-state index in [0.29, 0.717) is 13.1 Å². The van der Waals surface area contributed by atoms with Crippen LogP contribution in [-0.4, -0.2) is 31.7 Å². The fourth-order valence-electron chi connectivity index (χ4n) is 4.00. The number of benzene rings is 2. The third-order valence-corrected chi connectivity index (χ3v) is 7.43. The summed E-state index contributed by atoms with van der Waals surface area (Å²) in [6.07, 6.45) is 5.65. The Kier molecular flexibility index (Phi) is 5.21. The van der Waals surface area contributed by atoms with Gasteiger partial charge >= 0.3 is 0 Å². The van der Waals surface area contributed by atoms with Crippen LogP contribution in [0.5, 0.6) is 0 Å². The summed E-state index contributed by atoms with van der Waals surface area (Å²) in [5, 5.41) is 2.88. The van der Waals surface area contributed by atoms with Crippen molar-refractivity contribution in [3.63, 3.8) is 0 Å². The second-order valence-electron chi connectivity index (χ2n) is 7.36. The van der Waals surface area contributed by atoms with Crippen LogP contribution in [0.25, 0.3) is 0 Å². The maximum absolute atomic E-state index is 14.3. The Hall–Kier alpha value is -2.25. The van der Waals surface area contributed by atoms with Crippen LogP contribution in [-0.2, 0) is 22.9 Å². The van der Waals surface area contributed by atoms with Crippen LogP contribution >= 0.6 is 0 Å². The van der Waals surface area contributed by atoms with Crippen LogP contribution in [0.1, 0.15) is 47.2 Å². The summed E-state index contributed by atoms with van der Waals surface area (Å²) in [5.74, 6) is -1.27. The Balaban J connectivity index is 1.63. The molecule has 1 aliphatic heterocycles. The van der Waals surface area contributed by atoms with E-state index in [1.165, 1.54) is 15.9 Å². The van der Waals surface area contributed by atoms with E-state index >= 15 is 0 Å². The molecule has 0 atom stereocenters. The number of sulfonamides is 1. The zero-order valence-electron chi connectivity index (χ0n) is 15.6. The molecule has 4 rings (SSSR count). The van der Waals surface area contributed by atoms with Gasteiger partial charge in [-0.2, -0.15) is 4.31 Å². The van der Waals surface area contributed by atoms with Crippen LogP contribution in [0.2, 0.25) is 0 Å². The Morgan fingerprint density at radius 1 is 1.00 bits per heavy atom. The van der Waals surface area contributed by atoms with Crippen molar-refractivity contribution in [2.75, 3.05) is 18.4 Å². The van der Waals surface area contributed by atoms with Crippen molar-refractivity contribution in [1.82, 2.24) is 4.31 Å².